The fourth-order valence-electron chi connectivity index (χ4n) is 3.58. The van der Waals surface area contributed by atoms with Crippen LogP contribution in [0.5, 0.6) is 0 Å². The minimum atomic E-state index is -0.236. The lowest BCUT2D eigenvalue weighted by Gasteiger charge is -2.11. The highest BCUT2D eigenvalue weighted by molar-refractivity contribution is 5.96. The molecule has 166 valence electrons. The third-order valence-electron chi connectivity index (χ3n) is 5.40. The largest absolute Gasteiger partial charge is 0.383 e. The average Bonchev–Trinajstić information content (AvgIpc) is 3.45. The lowest BCUT2D eigenvalue weighted by molar-refractivity contribution is 0.0932. The lowest BCUT2D eigenvalue weighted by Crippen LogP contribution is -2.27. The number of carbonyl (C=O) groups is 1. The Morgan fingerprint density at radius 1 is 1.22 bits per heavy atom. The van der Waals surface area contributed by atoms with Crippen LogP contribution in [-0.4, -0.2) is 57.9 Å². The van der Waals surface area contributed by atoms with Crippen molar-refractivity contribution in [2.75, 3.05) is 26.8 Å². The molecule has 3 heterocycles. The summed E-state index contributed by atoms with van der Waals surface area (Å²) in [5.41, 5.74) is 6.41. The molecule has 0 unspecified atom stereocenters. The number of aromatic amines is 2. The second kappa shape index (κ2) is 9.71. The summed E-state index contributed by atoms with van der Waals surface area (Å²) in [4.78, 5) is 24.2. The number of rotatable bonds is 9. The second-order valence-electron chi connectivity index (χ2n) is 7.48. The van der Waals surface area contributed by atoms with Crippen LogP contribution in [-0.2, 0) is 11.3 Å². The van der Waals surface area contributed by atoms with Crippen LogP contribution in [0.2, 0.25) is 0 Å². The predicted molar refractivity (Wildman–Crippen MR) is 123 cm³/mol. The Hall–Kier alpha value is -3.56. The summed E-state index contributed by atoms with van der Waals surface area (Å²) in [6.07, 6.45) is 5.31. The molecule has 4 N–H and O–H groups in total. The van der Waals surface area contributed by atoms with E-state index in [9.17, 15) is 4.79 Å². The normalized spacial score (nSPS) is 11.2. The summed E-state index contributed by atoms with van der Waals surface area (Å²) in [7, 11) is 1.59. The highest BCUT2D eigenvalue weighted by Crippen LogP contribution is 2.31. The van der Waals surface area contributed by atoms with Gasteiger partial charge in [0, 0.05) is 43.5 Å². The topological polar surface area (TPSA) is 121 Å². The van der Waals surface area contributed by atoms with E-state index in [1.54, 1.807) is 7.11 Å². The van der Waals surface area contributed by atoms with Crippen LogP contribution in [0, 0.1) is 6.92 Å². The number of aromatic nitrogens is 5. The van der Waals surface area contributed by atoms with E-state index in [4.69, 9.17) is 4.74 Å². The van der Waals surface area contributed by atoms with Crippen LogP contribution in [0.4, 0.5) is 0 Å². The number of methoxy groups -OCH3 is 1. The molecule has 0 aliphatic heterocycles. The molecule has 0 spiro atoms. The summed E-state index contributed by atoms with van der Waals surface area (Å²) in [5, 5.41) is 14.5. The number of imidazole rings is 1. The Morgan fingerprint density at radius 2 is 2.09 bits per heavy atom. The Balaban J connectivity index is 1.66. The molecule has 0 aliphatic rings. The third kappa shape index (κ3) is 4.39. The molecule has 0 saturated heterocycles. The summed E-state index contributed by atoms with van der Waals surface area (Å²) < 4.78 is 4.96. The highest BCUT2D eigenvalue weighted by Gasteiger charge is 2.16. The molecule has 0 radical (unpaired) electrons. The van der Waals surface area contributed by atoms with E-state index < -0.39 is 0 Å². The number of hydrogen-bond acceptors (Lipinski definition) is 6. The van der Waals surface area contributed by atoms with E-state index in [0.29, 0.717) is 30.4 Å². The molecule has 0 bridgehead atoms. The van der Waals surface area contributed by atoms with E-state index in [1.165, 1.54) is 17.3 Å². The first-order valence-electron chi connectivity index (χ1n) is 10.6. The average molecular weight is 434 g/mol. The fraction of sp³-hybridized carbons (Fsp3) is 0.304. The van der Waals surface area contributed by atoms with Crippen LogP contribution in [0.1, 0.15) is 28.5 Å². The summed E-state index contributed by atoms with van der Waals surface area (Å²) in [6.45, 7) is 6.77. The molecule has 4 aromatic rings. The van der Waals surface area contributed by atoms with Gasteiger partial charge in [-0.15, -0.1) is 0 Å². The van der Waals surface area contributed by atoms with Crippen LogP contribution in [0.15, 0.2) is 36.8 Å². The van der Waals surface area contributed by atoms with Crippen LogP contribution < -0.4 is 10.6 Å². The first kappa shape index (κ1) is 21.7. The zero-order valence-electron chi connectivity index (χ0n) is 18.5. The van der Waals surface area contributed by atoms with Gasteiger partial charge in [-0.1, -0.05) is 13.0 Å². The van der Waals surface area contributed by atoms with Crippen molar-refractivity contribution in [3.8, 4) is 22.6 Å². The Morgan fingerprint density at radius 3 is 2.91 bits per heavy atom. The number of ether oxygens (including phenoxy) is 1. The molecule has 0 saturated carbocycles. The zero-order chi connectivity index (χ0) is 22.5. The monoisotopic (exact) mass is 433 g/mol. The molecular weight excluding hydrogens is 406 g/mol. The van der Waals surface area contributed by atoms with Crippen molar-refractivity contribution in [3.05, 3.63) is 53.6 Å². The van der Waals surface area contributed by atoms with Gasteiger partial charge in [0.25, 0.3) is 5.91 Å². The number of carbonyl (C=O) groups excluding carboxylic acids is 1. The minimum Gasteiger partial charge on any atom is -0.383 e. The van der Waals surface area contributed by atoms with Crippen molar-refractivity contribution in [1.29, 1.82) is 0 Å². The summed E-state index contributed by atoms with van der Waals surface area (Å²) in [6, 6.07) is 6.14. The van der Waals surface area contributed by atoms with Crippen molar-refractivity contribution in [2.24, 2.45) is 0 Å². The van der Waals surface area contributed by atoms with Crippen LogP contribution in [0.3, 0.4) is 0 Å². The minimum absolute atomic E-state index is 0.236. The SMILES string of the molecule is CCNCc1cncc(-c2ccc3[nH]nc(-c4ncc(C(=O)NCCOC)[nH]4)c3c2)c1C. The van der Waals surface area contributed by atoms with Gasteiger partial charge >= 0.3 is 0 Å². The van der Waals surface area contributed by atoms with Gasteiger partial charge in [-0.25, -0.2) is 4.98 Å². The molecule has 32 heavy (non-hydrogen) atoms. The van der Waals surface area contributed by atoms with E-state index in [0.717, 1.165) is 35.1 Å². The Labute approximate surface area is 186 Å². The van der Waals surface area contributed by atoms with Gasteiger partial charge < -0.3 is 20.4 Å². The van der Waals surface area contributed by atoms with Gasteiger partial charge in [0.1, 0.15) is 11.4 Å². The van der Waals surface area contributed by atoms with E-state index in [2.05, 4.69) is 61.8 Å². The van der Waals surface area contributed by atoms with Gasteiger partial charge in [0.05, 0.1) is 18.3 Å². The molecule has 1 aromatic carbocycles. The number of benzene rings is 1. The standard InChI is InChI=1S/C23H27N7O2/c1-4-24-10-16-11-25-12-18(14(16)2)15-5-6-19-17(9-15)21(30-29-19)22-27-13-20(28-22)23(31)26-7-8-32-3/h5-6,9,11-13,24H,4,7-8,10H2,1-3H3,(H,26,31)(H,27,28)(H,29,30). The number of hydrogen-bond donors (Lipinski definition) is 4. The number of nitrogens with one attached hydrogen (secondary N) is 4. The first-order valence-corrected chi connectivity index (χ1v) is 10.6. The number of H-pyrrole nitrogens is 2. The van der Waals surface area contributed by atoms with Gasteiger partial charge in [-0.05, 0) is 42.3 Å². The molecule has 9 nitrogen and oxygen atoms in total. The van der Waals surface area contributed by atoms with E-state index in [1.807, 2.05) is 18.5 Å². The van der Waals surface area contributed by atoms with Crippen molar-refractivity contribution in [3.63, 3.8) is 0 Å². The third-order valence-corrected chi connectivity index (χ3v) is 5.40. The highest BCUT2D eigenvalue weighted by atomic mass is 16.5. The molecule has 3 aromatic heterocycles. The molecular formula is C23H27N7O2. The van der Waals surface area contributed by atoms with Crippen LogP contribution >= 0.6 is 0 Å². The van der Waals surface area contributed by atoms with Crippen molar-refractivity contribution < 1.29 is 9.53 Å². The van der Waals surface area contributed by atoms with Crippen molar-refractivity contribution >= 4 is 16.8 Å². The predicted octanol–water partition coefficient (Wildman–Crippen LogP) is 2.81. The first-order chi connectivity index (χ1) is 15.6. The Kier molecular flexibility index (Phi) is 6.58. The van der Waals surface area contributed by atoms with Gasteiger partial charge in [-0.3, -0.25) is 14.9 Å². The molecule has 4 rings (SSSR count). The number of fused-ring (bicyclic) bond motifs is 1. The summed E-state index contributed by atoms with van der Waals surface area (Å²) >= 11 is 0. The second-order valence-corrected chi connectivity index (χ2v) is 7.48. The Bertz CT molecular complexity index is 1230. The van der Waals surface area contributed by atoms with Gasteiger partial charge in [0.2, 0.25) is 0 Å². The molecule has 9 heteroatoms. The maximum Gasteiger partial charge on any atom is 0.269 e. The van der Waals surface area contributed by atoms with E-state index in [-0.39, 0.29) is 5.91 Å². The molecule has 1 amide bonds. The number of nitrogens with zero attached hydrogens (tertiary/aromatic N) is 3. The molecule has 0 atom stereocenters. The number of amides is 1. The van der Waals surface area contributed by atoms with Gasteiger partial charge in [-0.2, -0.15) is 5.10 Å². The summed E-state index contributed by atoms with van der Waals surface area (Å²) in [5.74, 6) is 0.293. The maximum atomic E-state index is 12.3. The number of pyridine rings is 1. The van der Waals surface area contributed by atoms with Crippen LogP contribution in [0.25, 0.3) is 33.5 Å². The fourth-order valence-corrected chi connectivity index (χ4v) is 3.58. The quantitative estimate of drug-likeness (QED) is 0.301. The van der Waals surface area contributed by atoms with Crippen molar-refractivity contribution in [2.45, 2.75) is 20.4 Å². The zero-order valence-corrected chi connectivity index (χ0v) is 18.5. The maximum absolute atomic E-state index is 12.3. The lowest BCUT2D eigenvalue weighted by atomic mass is 9.98. The van der Waals surface area contributed by atoms with Crippen molar-refractivity contribution in [1.82, 2.24) is 35.8 Å². The molecule has 0 aliphatic carbocycles. The smallest absolute Gasteiger partial charge is 0.269 e. The van der Waals surface area contributed by atoms with Gasteiger partial charge in [0.15, 0.2) is 5.82 Å². The van der Waals surface area contributed by atoms with E-state index >= 15 is 0 Å². The molecule has 0 fully saturated rings.